The molecule has 1 aliphatic rings. The lowest BCUT2D eigenvalue weighted by molar-refractivity contribution is -0.144. The van der Waals surface area contributed by atoms with Crippen molar-refractivity contribution >= 4 is 18.0 Å². The van der Waals surface area contributed by atoms with Crippen LogP contribution in [0.2, 0.25) is 0 Å². The summed E-state index contributed by atoms with van der Waals surface area (Å²) in [5.74, 6) is 0.206. The van der Waals surface area contributed by atoms with Crippen molar-refractivity contribution in [1.29, 1.82) is 0 Å². The topological polar surface area (TPSA) is 112 Å². The summed E-state index contributed by atoms with van der Waals surface area (Å²) in [6, 6.07) is 5.92. The quantitative estimate of drug-likeness (QED) is 0.613. The summed E-state index contributed by atoms with van der Waals surface area (Å²) in [6.45, 7) is 3.40. The number of carbonyl (C=O) groups is 3. The highest BCUT2D eigenvalue weighted by Crippen LogP contribution is 2.17. The Balaban J connectivity index is 1.87. The molecule has 1 aromatic carbocycles. The summed E-state index contributed by atoms with van der Waals surface area (Å²) in [5.41, 5.74) is 0.433. The number of carbonyl (C=O) groups excluding carboxylic acids is 3. The van der Waals surface area contributed by atoms with Gasteiger partial charge >= 0.3 is 18.0 Å². The third kappa shape index (κ3) is 5.90. The predicted molar refractivity (Wildman–Crippen MR) is 98.9 cm³/mol. The van der Waals surface area contributed by atoms with Crippen molar-refractivity contribution in [3.05, 3.63) is 35.5 Å². The maximum absolute atomic E-state index is 12.1. The van der Waals surface area contributed by atoms with Gasteiger partial charge in [0.2, 0.25) is 0 Å². The van der Waals surface area contributed by atoms with Crippen molar-refractivity contribution < 1.29 is 33.3 Å². The number of amides is 2. The highest BCUT2D eigenvalue weighted by atomic mass is 16.5. The maximum Gasteiger partial charge on any atom is 0.338 e. The van der Waals surface area contributed by atoms with Gasteiger partial charge in [0.15, 0.2) is 0 Å². The van der Waals surface area contributed by atoms with E-state index >= 15 is 0 Å². The van der Waals surface area contributed by atoms with Crippen LogP contribution in [0.15, 0.2) is 35.5 Å². The summed E-state index contributed by atoms with van der Waals surface area (Å²) < 4.78 is 20.7. The minimum Gasteiger partial charge on any atom is -0.497 e. The SMILES string of the molecule is CCOC(=O)C1=C(COC(=O)CCOc2ccc(OC)cc2)NC(=O)N[C@@H]1C. The first-order valence-corrected chi connectivity index (χ1v) is 8.84. The third-order valence-corrected chi connectivity index (χ3v) is 3.88. The van der Waals surface area contributed by atoms with Gasteiger partial charge in [-0.25, -0.2) is 9.59 Å². The minimum atomic E-state index is -0.573. The van der Waals surface area contributed by atoms with Crippen LogP contribution in [0.3, 0.4) is 0 Å². The number of hydrogen-bond donors (Lipinski definition) is 2. The van der Waals surface area contributed by atoms with Gasteiger partial charge in [-0.1, -0.05) is 0 Å². The second-order valence-electron chi connectivity index (χ2n) is 5.87. The molecule has 2 rings (SSSR count). The van der Waals surface area contributed by atoms with Gasteiger partial charge in [-0.3, -0.25) is 4.79 Å². The molecule has 0 saturated heterocycles. The zero-order valence-electron chi connectivity index (χ0n) is 16.1. The molecule has 9 heteroatoms. The first-order chi connectivity index (χ1) is 13.4. The van der Waals surface area contributed by atoms with E-state index in [0.717, 1.165) is 0 Å². The van der Waals surface area contributed by atoms with Crippen LogP contribution in [0.25, 0.3) is 0 Å². The average molecular weight is 392 g/mol. The zero-order valence-corrected chi connectivity index (χ0v) is 16.1. The van der Waals surface area contributed by atoms with Crippen molar-refractivity contribution in [2.24, 2.45) is 0 Å². The molecule has 2 amide bonds. The number of hydrogen-bond acceptors (Lipinski definition) is 7. The fourth-order valence-corrected chi connectivity index (χ4v) is 2.54. The molecule has 152 valence electrons. The van der Waals surface area contributed by atoms with E-state index in [-0.39, 0.29) is 37.5 Å². The molecule has 0 aliphatic carbocycles. The summed E-state index contributed by atoms with van der Waals surface area (Å²) >= 11 is 0. The van der Waals surface area contributed by atoms with Gasteiger partial charge in [-0.2, -0.15) is 0 Å². The number of esters is 2. The predicted octanol–water partition coefficient (Wildman–Crippen LogP) is 1.53. The van der Waals surface area contributed by atoms with Crippen LogP contribution < -0.4 is 20.1 Å². The Bertz CT molecular complexity index is 743. The van der Waals surface area contributed by atoms with Crippen LogP contribution >= 0.6 is 0 Å². The number of nitrogens with one attached hydrogen (secondary N) is 2. The second-order valence-corrected chi connectivity index (χ2v) is 5.87. The minimum absolute atomic E-state index is 0.00972. The Morgan fingerprint density at radius 1 is 1.11 bits per heavy atom. The molecule has 0 spiro atoms. The van der Waals surface area contributed by atoms with Crippen LogP contribution in [-0.4, -0.2) is 50.9 Å². The van der Waals surface area contributed by atoms with E-state index in [0.29, 0.717) is 11.5 Å². The number of urea groups is 1. The van der Waals surface area contributed by atoms with E-state index in [2.05, 4.69) is 10.6 Å². The average Bonchev–Trinajstić information content (AvgIpc) is 2.66. The molecular formula is C19H24N2O7. The van der Waals surface area contributed by atoms with E-state index in [4.69, 9.17) is 18.9 Å². The lowest BCUT2D eigenvalue weighted by Gasteiger charge is -2.26. The van der Waals surface area contributed by atoms with Crippen LogP contribution in [0.4, 0.5) is 4.79 Å². The van der Waals surface area contributed by atoms with Gasteiger partial charge in [0.05, 0.1) is 44.1 Å². The largest absolute Gasteiger partial charge is 0.497 e. The Morgan fingerprint density at radius 2 is 1.79 bits per heavy atom. The van der Waals surface area contributed by atoms with Crippen molar-refractivity contribution in [3.8, 4) is 11.5 Å². The summed E-state index contributed by atoms with van der Waals surface area (Å²) in [6.07, 6.45) is 0.00972. The molecule has 0 saturated carbocycles. The smallest absolute Gasteiger partial charge is 0.338 e. The molecule has 0 fully saturated rings. The molecule has 2 N–H and O–H groups in total. The Labute approximate surface area is 163 Å². The summed E-state index contributed by atoms with van der Waals surface area (Å²) in [5, 5.41) is 5.06. The van der Waals surface area contributed by atoms with Crippen molar-refractivity contribution in [2.45, 2.75) is 26.3 Å². The number of ether oxygens (including phenoxy) is 4. The molecule has 28 heavy (non-hydrogen) atoms. The fraction of sp³-hybridized carbons (Fsp3) is 0.421. The molecule has 1 atom stereocenters. The summed E-state index contributed by atoms with van der Waals surface area (Å²) in [7, 11) is 1.57. The van der Waals surface area contributed by atoms with Gasteiger partial charge in [0, 0.05) is 0 Å². The number of rotatable bonds is 9. The van der Waals surface area contributed by atoms with E-state index in [9.17, 15) is 14.4 Å². The van der Waals surface area contributed by atoms with Crippen molar-refractivity contribution in [3.63, 3.8) is 0 Å². The maximum atomic E-state index is 12.1. The highest BCUT2D eigenvalue weighted by Gasteiger charge is 2.30. The van der Waals surface area contributed by atoms with Gasteiger partial charge in [0.25, 0.3) is 0 Å². The Morgan fingerprint density at radius 3 is 2.43 bits per heavy atom. The molecule has 1 aliphatic heterocycles. The monoisotopic (exact) mass is 392 g/mol. The molecule has 0 aromatic heterocycles. The Kier molecular flexibility index (Phi) is 7.67. The standard InChI is InChI=1S/C19H24N2O7/c1-4-26-18(23)17-12(2)20-19(24)21-15(17)11-28-16(22)9-10-27-14-7-5-13(25-3)6-8-14/h5-8,12H,4,9-11H2,1-3H3,(H2,20,21,24)/t12-/m1/s1. The molecule has 0 radical (unpaired) electrons. The van der Waals surface area contributed by atoms with E-state index in [1.807, 2.05) is 0 Å². The van der Waals surface area contributed by atoms with Crippen LogP contribution in [0, 0.1) is 0 Å². The number of methoxy groups -OCH3 is 1. The van der Waals surface area contributed by atoms with E-state index in [1.165, 1.54) is 0 Å². The van der Waals surface area contributed by atoms with Crippen LogP contribution in [0.1, 0.15) is 20.3 Å². The van der Waals surface area contributed by atoms with E-state index < -0.39 is 24.0 Å². The van der Waals surface area contributed by atoms with E-state index in [1.54, 1.807) is 45.2 Å². The Hall–Kier alpha value is -3.23. The van der Waals surface area contributed by atoms with Crippen LogP contribution in [-0.2, 0) is 19.1 Å². The molecule has 0 unspecified atom stereocenters. The van der Waals surface area contributed by atoms with Gasteiger partial charge in [-0.15, -0.1) is 0 Å². The molecule has 1 heterocycles. The first-order valence-electron chi connectivity index (χ1n) is 8.84. The normalized spacial score (nSPS) is 16.0. The van der Waals surface area contributed by atoms with Crippen LogP contribution in [0.5, 0.6) is 11.5 Å². The lowest BCUT2D eigenvalue weighted by Crippen LogP contribution is -2.50. The summed E-state index contributed by atoms with van der Waals surface area (Å²) in [4.78, 5) is 35.7. The third-order valence-electron chi connectivity index (χ3n) is 3.88. The first kappa shape index (κ1) is 21.1. The zero-order chi connectivity index (χ0) is 20.5. The van der Waals surface area contributed by atoms with Gasteiger partial charge in [-0.05, 0) is 38.1 Å². The molecule has 0 bridgehead atoms. The molecule has 1 aromatic rings. The van der Waals surface area contributed by atoms with Crippen molar-refractivity contribution in [1.82, 2.24) is 10.6 Å². The molecule has 9 nitrogen and oxygen atoms in total. The molecular weight excluding hydrogens is 368 g/mol. The lowest BCUT2D eigenvalue weighted by atomic mass is 10.0. The number of benzene rings is 1. The fourth-order valence-electron chi connectivity index (χ4n) is 2.54. The van der Waals surface area contributed by atoms with Crippen molar-refractivity contribution in [2.75, 3.05) is 26.9 Å². The highest BCUT2D eigenvalue weighted by molar-refractivity contribution is 5.94. The second kappa shape index (κ2) is 10.2. The van der Waals surface area contributed by atoms with Gasteiger partial charge in [0.1, 0.15) is 18.1 Å². The van der Waals surface area contributed by atoms with Gasteiger partial charge < -0.3 is 29.6 Å².